The predicted molar refractivity (Wildman–Crippen MR) is 110 cm³/mol. The lowest BCUT2D eigenvalue weighted by molar-refractivity contribution is -0.121. The highest BCUT2D eigenvalue weighted by molar-refractivity contribution is 5.89. The normalized spacial score (nSPS) is 11.7. The lowest BCUT2D eigenvalue weighted by atomic mass is 10.1. The molecule has 0 saturated carbocycles. The van der Waals surface area contributed by atoms with Crippen LogP contribution in [0.4, 0.5) is 0 Å². The molecule has 1 amide bonds. The van der Waals surface area contributed by atoms with Crippen LogP contribution < -0.4 is 5.32 Å². The molecule has 2 N–H and O–H groups in total. The number of aliphatic hydroxyl groups is 1. The van der Waals surface area contributed by atoms with Crippen molar-refractivity contribution in [2.45, 2.75) is 38.9 Å². The van der Waals surface area contributed by atoms with Gasteiger partial charge < -0.3 is 19.9 Å². The molecule has 0 spiro atoms. The summed E-state index contributed by atoms with van der Waals surface area (Å²) in [6.07, 6.45) is 0.601. The molecule has 156 valence electrons. The van der Waals surface area contributed by atoms with Gasteiger partial charge in [-0.2, -0.15) is 0 Å². The van der Waals surface area contributed by atoms with Gasteiger partial charge in [-0.25, -0.2) is 4.79 Å². The highest BCUT2D eigenvalue weighted by Gasteiger charge is 2.09. The van der Waals surface area contributed by atoms with Crippen molar-refractivity contribution >= 4 is 11.9 Å². The molecule has 0 aliphatic rings. The van der Waals surface area contributed by atoms with Crippen LogP contribution in [0.2, 0.25) is 0 Å². The summed E-state index contributed by atoms with van der Waals surface area (Å²) >= 11 is 0. The minimum absolute atomic E-state index is 0.102. The molecule has 0 saturated heterocycles. The summed E-state index contributed by atoms with van der Waals surface area (Å²) in [5.74, 6) is -0.436. The number of hydrogen-bond acceptors (Lipinski definition) is 5. The van der Waals surface area contributed by atoms with Crippen LogP contribution in [0, 0.1) is 0 Å². The second-order valence-corrected chi connectivity index (χ2v) is 6.71. The van der Waals surface area contributed by atoms with Crippen LogP contribution in [0.5, 0.6) is 0 Å². The Morgan fingerprint density at radius 2 is 1.76 bits per heavy atom. The van der Waals surface area contributed by atoms with Gasteiger partial charge in [0.2, 0.25) is 5.91 Å². The van der Waals surface area contributed by atoms with Crippen LogP contribution in [0.15, 0.2) is 54.6 Å². The molecule has 29 heavy (non-hydrogen) atoms. The molecule has 1 atom stereocenters. The molecule has 0 bridgehead atoms. The van der Waals surface area contributed by atoms with Gasteiger partial charge in [-0.15, -0.1) is 0 Å². The number of carbonyl (C=O) groups excluding carboxylic acids is 2. The molecular formula is C23H29NO5. The summed E-state index contributed by atoms with van der Waals surface area (Å²) in [7, 11) is 0. The lowest BCUT2D eigenvalue weighted by Crippen LogP contribution is -2.27. The zero-order chi connectivity index (χ0) is 20.9. The number of esters is 1. The Kier molecular flexibility index (Phi) is 9.89. The van der Waals surface area contributed by atoms with E-state index in [1.165, 1.54) is 0 Å². The Bertz CT molecular complexity index is 746. The van der Waals surface area contributed by atoms with Gasteiger partial charge in [0.05, 0.1) is 31.5 Å². The van der Waals surface area contributed by atoms with Gasteiger partial charge in [0, 0.05) is 13.0 Å². The summed E-state index contributed by atoms with van der Waals surface area (Å²) in [6.45, 7) is 3.26. The highest BCUT2D eigenvalue weighted by Crippen LogP contribution is 2.07. The summed E-state index contributed by atoms with van der Waals surface area (Å²) in [5.41, 5.74) is 2.59. The predicted octanol–water partition coefficient (Wildman–Crippen LogP) is 2.88. The zero-order valence-electron chi connectivity index (χ0n) is 16.8. The van der Waals surface area contributed by atoms with Crippen LogP contribution in [-0.4, -0.2) is 42.8 Å². The van der Waals surface area contributed by atoms with E-state index in [2.05, 4.69) is 5.32 Å². The second-order valence-electron chi connectivity index (χ2n) is 6.71. The Hall–Kier alpha value is -2.70. The van der Waals surface area contributed by atoms with Crippen LogP contribution in [0.3, 0.4) is 0 Å². The van der Waals surface area contributed by atoms with Crippen molar-refractivity contribution < 1.29 is 24.2 Å². The Morgan fingerprint density at radius 1 is 1.03 bits per heavy atom. The maximum atomic E-state index is 11.9. The smallest absolute Gasteiger partial charge is 0.338 e. The van der Waals surface area contributed by atoms with Crippen LogP contribution in [0.1, 0.15) is 41.3 Å². The van der Waals surface area contributed by atoms with Crippen LogP contribution in [0.25, 0.3) is 0 Å². The van der Waals surface area contributed by atoms with Gasteiger partial charge in [-0.05, 0) is 43.0 Å². The number of rotatable bonds is 12. The number of aliphatic hydroxyl groups excluding tert-OH is 1. The Balaban J connectivity index is 1.57. The molecule has 2 aromatic carbocycles. The van der Waals surface area contributed by atoms with E-state index in [1.54, 1.807) is 19.1 Å². The SMILES string of the molecule is CCOC(=O)c1ccc(CCNC(=O)CCC(O)COCc2ccccc2)cc1. The van der Waals surface area contributed by atoms with Crippen molar-refractivity contribution in [1.82, 2.24) is 5.32 Å². The molecule has 2 rings (SSSR count). The quantitative estimate of drug-likeness (QED) is 0.536. The minimum Gasteiger partial charge on any atom is -0.462 e. The molecular weight excluding hydrogens is 370 g/mol. The Labute approximate surface area is 171 Å². The summed E-state index contributed by atoms with van der Waals surface area (Å²) < 4.78 is 10.4. The summed E-state index contributed by atoms with van der Waals surface area (Å²) in [4.78, 5) is 23.5. The lowest BCUT2D eigenvalue weighted by Gasteiger charge is -2.11. The van der Waals surface area contributed by atoms with E-state index in [-0.39, 0.29) is 24.9 Å². The second kappa shape index (κ2) is 12.7. The average Bonchev–Trinajstić information content (AvgIpc) is 2.74. The maximum Gasteiger partial charge on any atom is 0.338 e. The largest absolute Gasteiger partial charge is 0.462 e. The molecule has 1 unspecified atom stereocenters. The van der Waals surface area contributed by atoms with Gasteiger partial charge in [0.15, 0.2) is 0 Å². The van der Waals surface area contributed by atoms with Crippen LogP contribution in [-0.2, 0) is 27.3 Å². The van der Waals surface area contributed by atoms with Crippen molar-refractivity contribution in [1.29, 1.82) is 0 Å². The molecule has 6 heteroatoms. The van der Waals surface area contributed by atoms with Gasteiger partial charge in [-0.1, -0.05) is 42.5 Å². The zero-order valence-corrected chi connectivity index (χ0v) is 16.8. The summed E-state index contributed by atoms with van der Waals surface area (Å²) in [5, 5.41) is 12.8. The van der Waals surface area contributed by atoms with E-state index in [4.69, 9.17) is 9.47 Å². The monoisotopic (exact) mass is 399 g/mol. The fourth-order valence-corrected chi connectivity index (χ4v) is 2.72. The average molecular weight is 399 g/mol. The number of hydrogen-bond donors (Lipinski definition) is 2. The van der Waals surface area contributed by atoms with E-state index in [9.17, 15) is 14.7 Å². The fraction of sp³-hybridized carbons (Fsp3) is 0.391. The molecule has 0 aromatic heterocycles. The molecule has 6 nitrogen and oxygen atoms in total. The molecule has 0 aliphatic carbocycles. The molecule has 2 aromatic rings. The first-order valence-corrected chi connectivity index (χ1v) is 9.91. The van der Waals surface area contributed by atoms with Gasteiger partial charge in [0.25, 0.3) is 0 Å². The standard InChI is InChI=1S/C23H29NO5/c1-2-29-23(27)20-10-8-18(9-11-20)14-15-24-22(26)13-12-21(25)17-28-16-19-6-4-3-5-7-19/h3-11,21,25H,2,12-17H2,1H3,(H,24,26). The van der Waals surface area contributed by atoms with Crippen molar-refractivity contribution in [3.63, 3.8) is 0 Å². The molecule has 0 aliphatic heterocycles. The third kappa shape index (κ3) is 8.89. The first-order valence-electron chi connectivity index (χ1n) is 9.91. The summed E-state index contributed by atoms with van der Waals surface area (Å²) in [6, 6.07) is 16.9. The third-order valence-electron chi connectivity index (χ3n) is 4.33. The first-order chi connectivity index (χ1) is 14.1. The van der Waals surface area contributed by atoms with E-state index < -0.39 is 6.10 Å². The number of nitrogens with one attached hydrogen (secondary N) is 1. The number of benzene rings is 2. The van der Waals surface area contributed by atoms with Gasteiger partial charge >= 0.3 is 5.97 Å². The van der Waals surface area contributed by atoms with Gasteiger partial charge in [0.1, 0.15) is 0 Å². The maximum absolute atomic E-state index is 11.9. The van der Waals surface area contributed by atoms with Crippen LogP contribution >= 0.6 is 0 Å². The minimum atomic E-state index is -0.667. The van der Waals surface area contributed by atoms with E-state index in [0.717, 1.165) is 11.1 Å². The topological polar surface area (TPSA) is 84.9 Å². The number of amides is 1. The number of ether oxygens (including phenoxy) is 2. The van der Waals surface area contributed by atoms with Crippen molar-refractivity contribution in [2.75, 3.05) is 19.8 Å². The van der Waals surface area contributed by atoms with Crippen molar-refractivity contribution in [3.05, 3.63) is 71.3 Å². The van der Waals surface area contributed by atoms with Gasteiger partial charge in [-0.3, -0.25) is 4.79 Å². The molecule has 0 fully saturated rings. The Morgan fingerprint density at radius 3 is 2.45 bits per heavy atom. The molecule has 0 heterocycles. The number of carbonyl (C=O) groups is 2. The van der Waals surface area contributed by atoms with E-state index in [1.807, 2.05) is 42.5 Å². The van der Waals surface area contributed by atoms with Crippen molar-refractivity contribution in [2.24, 2.45) is 0 Å². The highest BCUT2D eigenvalue weighted by atomic mass is 16.5. The van der Waals surface area contributed by atoms with Crippen molar-refractivity contribution in [3.8, 4) is 0 Å². The third-order valence-corrected chi connectivity index (χ3v) is 4.33. The first kappa shape index (κ1) is 22.6. The van der Waals surface area contributed by atoms with E-state index >= 15 is 0 Å². The molecule has 0 radical (unpaired) electrons. The van der Waals surface area contributed by atoms with E-state index in [0.29, 0.717) is 38.2 Å². The fourth-order valence-electron chi connectivity index (χ4n) is 2.72.